The average molecular weight is 1060 g/mol. The van der Waals surface area contributed by atoms with E-state index in [1.54, 1.807) is 12.1 Å². The normalized spacial score (nSPS) is 10.2. The lowest BCUT2D eigenvalue weighted by Crippen LogP contribution is -2.20. The number of benzene rings is 11. The first-order chi connectivity index (χ1) is 38.1. The van der Waals surface area contributed by atoms with Crippen LogP contribution < -0.4 is 52.5 Å². The van der Waals surface area contributed by atoms with Crippen LogP contribution in [0.25, 0.3) is 11.1 Å². The van der Waals surface area contributed by atoms with Crippen LogP contribution in [0.15, 0.2) is 322 Å². The Morgan fingerprint density at radius 3 is 0.675 bits per heavy atom. The maximum absolute atomic E-state index is 11.7. The average Bonchev–Trinajstić information content (AvgIpc) is 3.53. The molecule has 0 unspecified atom stereocenters. The van der Waals surface area contributed by atoms with Gasteiger partial charge in [0.25, 0.3) is 0 Å². The summed E-state index contributed by atoms with van der Waals surface area (Å²) in [6, 6.07) is 112. The van der Waals surface area contributed by atoms with Gasteiger partial charge in [0.05, 0.1) is 14.2 Å². The van der Waals surface area contributed by atoms with Crippen molar-refractivity contribution < 1.29 is 14.3 Å². The van der Waals surface area contributed by atoms with Crippen LogP contribution in [0.5, 0.6) is 5.75 Å². The fraction of sp³-hybridized carbons (Fsp3) is 0.0563. The van der Waals surface area contributed by atoms with Gasteiger partial charge in [0.1, 0.15) is 11.3 Å². The molecule has 0 saturated carbocycles. The van der Waals surface area contributed by atoms with E-state index in [0.29, 0.717) is 11.3 Å². The quantitative estimate of drug-likeness (QED) is 0.0903. The number of carbonyl (C=O) groups is 1. The number of hydrogen-bond acceptors (Lipinski definition) is 3. The van der Waals surface area contributed by atoms with Gasteiger partial charge in [-0.15, -0.1) is 0 Å². The van der Waals surface area contributed by atoms with Crippen LogP contribution in [0.4, 0.5) is 0 Å². The monoisotopic (exact) mass is 1060 g/mol. The van der Waals surface area contributed by atoms with E-state index in [1.165, 1.54) is 62.0 Å². The van der Waals surface area contributed by atoms with Gasteiger partial charge in [-0.3, -0.25) is 0 Å². The van der Waals surface area contributed by atoms with Gasteiger partial charge in [-0.25, -0.2) is 4.79 Å². The first-order valence-corrected chi connectivity index (χ1v) is 29.8. The predicted molar refractivity (Wildman–Crippen MR) is 337 cm³/mol. The highest BCUT2D eigenvalue weighted by Gasteiger charge is 2.18. The van der Waals surface area contributed by atoms with Crippen molar-refractivity contribution in [2.45, 2.75) is 13.8 Å². The topological polar surface area (TPSA) is 35.5 Å². The second kappa shape index (κ2) is 31.8. The van der Waals surface area contributed by atoms with Crippen LogP contribution in [0.3, 0.4) is 0 Å². The summed E-state index contributed by atoms with van der Waals surface area (Å²) >= 11 is 0. The molecule has 0 bridgehead atoms. The van der Waals surface area contributed by atoms with E-state index in [-0.39, 0.29) is 0 Å². The number of rotatable bonds is 12. The standard InChI is InChI=1S/3C18H15P.C15H14O3.C2H6/c3*1-4-10-16(11-5-1)19(17-12-6-2-7-13-17)18-14-8-3-9-15-18;1-17-14-9-8-12(10-13(14)15(16)18-2)11-6-4-3-5-7-11;1-2/h3*1-15H;3-10H,1-2H3;1-2H3. The van der Waals surface area contributed by atoms with Gasteiger partial charge in [-0.05, 0) is 94.8 Å². The molecule has 11 aromatic rings. The molecule has 11 aromatic carbocycles. The van der Waals surface area contributed by atoms with Crippen LogP contribution >= 0.6 is 23.8 Å². The number of carbonyl (C=O) groups excluding carboxylic acids is 1. The van der Waals surface area contributed by atoms with E-state index >= 15 is 0 Å². The molecule has 0 amide bonds. The van der Waals surface area contributed by atoms with Crippen molar-refractivity contribution in [3.63, 3.8) is 0 Å². The van der Waals surface area contributed by atoms with Gasteiger partial charge >= 0.3 is 5.97 Å². The van der Waals surface area contributed by atoms with Gasteiger partial charge in [-0.2, -0.15) is 0 Å². The Morgan fingerprint density at radius 1 is 0.273 bits per heavy atom. The molecule has 0 radical (unpaired) electrons. The largest absolute Gasteiger partial charge is 0.496 e. The van der Waals surface area contributed by atoms with E-state index in [0.717, 1.165) is 11.1 Å². The summed E-state index contributed by atoms with van der Waals surface area (Å²) in [5, 5.41) is 12.6. The van der Waals surface area contributed by atoms with Crippen molar-refractivity contribution in [1.29, 1.82) is 0 Å². The lowest BCUT2D eigenvalue weighted by molar-refractivity contribution is 0.0597. The zero-order valence-corrected chi connectivity index (χ0v) is 46.8. The summed E-state index contributed by atoms with van der Waals surface area (Å²) in [7, 11) is 1.55. The number of ether oxygens (including phenoxy) is 2. The maximum Gasteiger partial charge on any atom is 0.341 e. The summed E-state index contributed by atoms with van der Waals surface area (Å²) in [5.41, 5.74) is 2.43. The van der Waals surface area contributed by atoms with E-state index < -0.39 is 29.7 Å². The zero-order chi connectivity index (χ0) is 53.7. The second-order valence-electron chi connectivity index (χ2n) is 16.8. The Kier molecular flexibility index (Phi) is 23.4. The Labute approximate surface area is 461 Å². The molecule has 0 saturated heterocycles. The molecular weight excluding hydrogens is 994 g/mol. The fourth-order valence-electron chi connectivity index (χ4n) is 8.32. The van der Waals surface area contributed by atoms with Crippen molar-refractivity contribution in [3.05, 3.63) is 327 Å². The summed E-state index contributed by atoms with van der Waals surface area (Å²) in [4.78, 5) is 11.7. The minimum absolute atomic E-state index is 0.398. The van der Waals surface area contributed by atoms with Gasteiger partial charge in [-0.1, -0.05) is 323 Å². The molecule has 0 spiro atoms. The van der Waals surface area contributed by atoms with E-state index in [2.05, 4.69) is 273 Å². The van der Waals surface area contributed by atoms with Crippen LogP contribution in [0.2, 0.25) is 0 Å². The molecule has 0 aliphatic heterocycles. The summed E-state index contributed by atoms with van der Waals surface area (Å²) in [5.74, 6) is 0.117. The second-order valence-corrected chi connectivity index (χ2v) is 23.5. The van der Waals surface area contributed by atoms with E-state index in [9.17, 15) is 4.79 Å². The summed E-state index contributed by atoms with van der Waals surface area (Å²) in [6.45, 7) is 4.00. The van der Waals surface area contributed by atoms with Gasteiger partial charge in [0.2, 0.25) is 0 Å². The Hall–Kier alpha value is -8.02. The molecule has 6 heteroatoms. The van der Waals surface area contributed by atoms with E-state index in [1.807, 2.05) is 50.2 Å². The van der Waals surface area contributed by atoms with E-state index in [4.69, 9.17) is 9.47 Å². The first-order valence-electron chi connectivity index (χ1n) is 25.8. The Balaban J connectivity index is 0.000000147. The maximum atomic E-state index is 11.7. The molecular formula is C71H65O3P3. The molecule has 0 heterocycles. The van der Waals surface area contributed by atoms with Gasteiger partial charge in [0.15, 0.2) is 0 Å². The molecule has 0 atom stereocenters. The lowest BCUT2D eigenvalue weighted by atomic mass is 10.0. The summed E-state index contributed by atoms with van der Waals surface area (Å²) < 4.78 is 9.91. The highest BCUT2D eigenvalue weighted by atomic mass is 31.1. The molecule has 0 aromatic heterocycles. The molecule has 0 aliphatic carbocycles. The van der Waals surface area contributed by atoms with Crippen LogP contribution in [0.1, 0.15) is 24.2 Å². The van der Waals surface area contributed by atoms with Crippen molar-refractivity contribution in [1.82, 2.24) is 0 Å². The lowest BCUT2D eigenvalue weighted by Gasteiger charge is -2.18. The Morgan fingerprint density at radius 2 is 0.481 bits per heavy atom. The molecule has 382 valence electrons. The third kappa shape index (κ3) is 16.7. The number of esters is 1. The Bertz CT molecular complexity index is 2760. The first kappa shape index (κ1) is 56.7. The summed E-state index contributed by atoms with van der Waals surface area (Å²) in [6.07, 6.45) is 0. The molecule has 0 aliphatic rings. The van der Waals surface area contributed by atoms with Gasteiger partial charge in [0, 0.05) is 0 Å². The number of methoxy groups -OCH3 is 2. The van der Waals surface area contributed by atoms with Crippen LogP contribution in [-0.4, -0.2) is 20.2 Å². The SMILES string of the molecule is CC.COC(=O)c1cc(-c2ccccc2)ccc1OC.c1ccc(P(c2ccccc2)c2ccccc2)cc1.c1ccc(P(c2ccccc2)c2ccccc2)cc1.c1ccc(P(c2ccccc2)c2ccccc2)cc1. The highest BCUT2D eigenvalue weighted by molar-refractivity contribution is 7.80. The zero-order valence-electron chi connectivity index (χ0n) is 44.2. The fourth-order valence-corrected chi connectivity index (χ4v) is 15.2. The molecule has 11 rings (SSSR count). The van der Waals surface area contributed by atoms with Crippen molar-refractivity contribution in [2.75, 3.05) is 14.2 Å². The third-order valence-corrected chi connectivity index (χ3v) is 19.2. The highest BCUT2D eigenvalue weighted by Crippen LogP contribution is 2.34. The third-order valence-electron chi connectivity index (χ3n) is 11.8. The van der Waals surface area contributed by atoms with Crippen molar-refractivity contribution in [3.8, 4) is 16.9 Å². The van der Waals surface area contributed by atoms with Crippen molar-refractivity contribution in [2.24, 2.45) is 0 Å². The molecule has 0 N–H and O–H groups in total. The van der Waals surface area contributed by atoms with Crippen molar-refractivity contribution >= 4 is 77.5 Å². The minimum atomic E-state index is -0.446. The number of hydrogen-bond donors (Lipinski definition) is 0. The molecule has 0 fully saturated rings. The predicted octanol–water partition coefficient (Wildman–Crippen LogP) is 14.5. The van der Waals surface area contributed by atoms with Crippen LogP contribution in [0, 0.1) is 0 Å². The van der Waals surface area contributed by atoms with Gasteiger partial charge < -0.3 is 9.47 Å². The van der Waals surface area contributed by atoms with Crippen LogP contribution in [-0.2, 0) is 4.74 Å². The minimum Gasteiger partial charge on any atom is -0.496 e. The molecule has 77 heavy (non-hydrogen) atoms. The smallest absolute Gasteiger partial charge is 0.341 e. The molecule has 3 nitrogen and oxygen atoms in total.